The zero-order valence-electron chi connectivity index (χ0n) is 13.5. The molecule has 4 heteroatoms. The maximum atomic E-state index is 12.5. The van der Waals surface area contributed by atoms with E-state index in [9.17, 15) is 4.79 Å². The van der Waals surface area contributed by atoms with Crippen molar-refractivity contribution < 1.29 is 4.79 Å². The molecule has 0 radical (unpaired) electrons. The van der Waals surface area contributed by atoms with E-state index in [0.29, 0.717) is 6.04 Å². The van der Waals surface area contributed by atoms with Crippen LogP contribution in [0.2, 0.25) is 0 Å². The van der Waals surface area contributed by atoms with Gasteiger partial charge in [-0.3, -0.25) is 0 Å². The third-order valence-corrected chi connectivity index (χ3v) is 4.94. The molecule has 1 atom stereocenters. The van der Waals surface area contributed by atoms with Crippen LogP contribution in [0.15, 0.2) is 30.3 Å². The summed E-state index contributed by atoms with van der Waals surface area (Å²) < 4.78 is 0. The van der Waals surface area contributed by atoms with Gasteiger partial charge in [0.25, 0.3) is 0 Å². The van der Waals surface area contributed by atoms with Crippen LogP contribution in [0.3, 0.4) is 0 Å². The number of nitrogens with zero attached hydrogens (tertiary/aromatic N) is 2. The minimum absolute atomic E-state index is 0.132. The molecular weight excluding hydrogens is 274 g/mol. The number of urea groups is 1. The molecule has 1 saturated carbocycles. The van der Waals surface area contributed by atoms with Gasteiger partial charge in [-0.05, 0) is 31.9 Å². The van der Waals surface area contributed by atoms with Gasteiger partial charge in [-0.15, -0.1) is 0 Å². The van der Waals surface area contributed by atoms with Crippen LogP contribution in [0, 0.1) is 0 Å². The summed E-state index contributed by atoms with van der Waals surface area (Å²) in [4.78, 5) is 16.9. The number of hydrogen-bond acceptors (Lipinski definition) is 2. The highest BCUT2D eigenvalue weighted by molar-refractivity contribution is 5.75. The number of hydrogen-bond donors (Lipinski definition) is 1. The van der Waals surface area contributed by atoms with E-state index < -0.39 is 0 Å². The molecule has 0 bridgehead atoms. The normalized spacial score (nSPS) is 23.4. The summed E-state index contributed by atoms with van der Waals surface area (Å²) in [5, 5.41) is 3.24. The first-order valence-corrected chi connectivity index (χ1v) is 8.61. The van der Waals surface area contributed by atoms with Crippen LogP contribution in [0.25, 0.3) is 0 Å². The molecule has 3 rings (SSSR count). The number of para-hydroxylation sites is 1. The summed E-state index contributed by atoms with van der Waals surface area (Å²) in [6.07, 6.45) is 6.11. The van der Waals surface area contributed by atoms with E-state index in [0.717, 1.165) is 32.5 Å². The van der Waals surface area contributed by atoms with E-state index in [2.05, 4.69) is 41.4 Å². The predicted octanol–water partition coefficient (Wildman–Crippen LogP) is 3.24. The Bertz CT molecular complexity index is 484. The fourth-order valence-corrected chi connectivity index (χ4v) is 3.64. The summed E-state index contributed by atoms with van der Waals surface area (Å²) in [6, 6.07) is 11.2. The maximum Gasteiger partial charge on any atom is 0.317 e. The monoisotopic (exact) mass is 301 g/mol. The molecule has 1 saturated heterocycles. The Kier molecular flexibility index (Phi) is 4.86. The Morgan fingerprint density at radius 3 is 2.50 bits per heavy atom. The van der Waals surface area contributed by atoms with Gasteiger partial charge in [0.2, 0.25) is 0 Å². The standard InChI is InChI=1S/C18H27N3O/c1-15-14-20(17-10-6-3-7-11-17)12-13-21(15)18(22)19-16-8-4-2-5-9-16/h3,6-7,10-11,15-16H,2,4-5,8-9,12-14H2,1H3,(H,19,22). The quantitative estimate of drug-likeness (QED) is 0.910. The maximum absolute atomic E-state index is 12.5. The first-order valence-electron chi connectivity index (χ1n) is 8.61. The van der Waals surface area contributed by atoms with Crippen molar-refractivity contribution in [3.05, 3.63) is 30.3 Å². The average Bonchev–Trinajstić information content (AvgIpc) is 2.56. The molecule has 0 spiro atoms. The average molecular weight is 301 g/mol. The van der Waals surface area contributed by atoms with Crippen molar-refractivity contribution in [2.45, 2.75) is 51.1 Å². The van der Waals surface area contributed by atoms with Crippen molar-refractivity contribution in [3.63, 3.8) is 0 Å². The predicted molar refractivity (Wildman–Crippen MR) is 90.2 cm³/mol. The summed E-state index contributed by atoms with van der Waals surface area (Å²) in [5.41, 5.74) is 1.25. The second-order valence-electron chi connectivity index (χ2n) is 6.61. The molecular formula is C18H27N3O. The topological polar surface area (TPSA) is 35.6 Å². The number of anilines is 1. The molecule has 2 aliphatic rings. The van der Waals surface area contributed by atoms with Crippen molar-refractivity contribution in [1.29, 1.82) is 0 Å². The van der Waals surface area contributed by atoms with Crippen LogP contribution in [0.1, 0.15) is 39.0 Å². The van der Waals surface area contributed by atoms with Crippen LogP contribution in [-0.2, 0) is 0 Å². The molecule has 2 fully saturated rings. The molecule has 120 valence electrons. The van der Waals surface area contributed by atoms with Gasteiger partial charge in [0.05, 0.1) is 0 Å². The molecule has 2 amide bonds. The van der Waals surface area contributed by atoms with Crippen LogP contribution in [0.4, 0.5) is 10.5 Å². The second kappa shape index (κ2) is 7.03. The summed E-state index contributed by atoms with van der Waals surface area (Å²) in [5.74, 6) is 0. The van der Waals surface area contributed by atoms with E-state index >= 15 is 0 Å². The lowest BCUT2D eigenvalue weighted by Gasteiger charge is -2.41. The van der Waals surface area contributed by atoms with Crippen LogP contribution < -0.4 is 10.2 Å². The summed E-state index contributed by atoms with van der Waals surface area (Å²) in [7, 11) is 0. The lowest BCUT2D eigenvalue weighted by atomic mass is 9.96. The molecule has 1 aromatic carbocycles. The lowest BCUT2D eigenvalue weighted by Crippen LogP contribution is -2.58. The van der Waals surface area contributed by atoms with Crippen molar-refractivity contribution in [2.75, 3.05) is 24.5 Å². The molecule has 1 aliphatic carbocycles. The lowest BCUT2D eigenvalue weighted by molar-refractivity contribution is 0.165. The Balaban J connectivity index is 1.54. The summed E-state index contributed by atoms with van der Waals surface area (Å²) >= 11 is 0. The molecule has 1 unspecified atom stereocenters. The van der Waals surface area contributed by atoms with Crippen LogP contribution in [-0.4, -0.2) is 42.6 Å². The number of benzene rings is 1. The zero-order valence-corrected chi connectivity index (χ0v) is 13.5. The Morgan fingerprint density at radius 2 is 1.82 bits per heavy atom. The van der Waals surface area contributed by atoms with Gasteiger partial charge >= 0.3 is 6.03 Å². The third-order valence-electron chi connectivity index (χ3n) is 4.94. The number of rotatable bonds is 2. The molecule has 1 aromatic rings. The van der Waals surface area contributed by atoms with Gasteiger partial charge in [-0.1, -0.05) is 37.5 Å². The van der Waals surface area contributed by atoms with Gasteiger partial charge in [-0.25, -0.2) is 4.79 Å². The highest BCUT2D eigenvalue weighted by atomic mass is 16.2. The van der Waals surface area contributed by atoms with E-state index in [1.165, 1.54) is 24.9 Å². The number of amides is 2. The summed E-state index contributed by atoms with van der Waals surface area (Å²) in [6.45, 7) is 4.76. The van der Waals surface area contributed by atoms with Crippen LogP contribution >= 0.6 is 0 Å². The number of carbonyl (C=O) groups excluding carboxylic acids is 1. The number of nitrogens with one attached hydrogen (secondary N) is 1. The van der Waals surface area contributed by atoms with E-state index in [4.69, 9.17) is 0 Å². The van der Waals surface area contributed by atoms with Gasteiger partial charge < -0.3 is 15.1 Å². The van der Waals surface area contributed by atoms with Crippen molar-refractivity contribution in [2.24, 2.45) is 0 Å². The number of carbonyl (C=O) groups is 1. The molecule has 1 aliphatic heterocycles. The fourth-order valence-electron chi connectivity index (χ4n) is 3.64. The molecule has 0 aromatic heterocycles. The largest absolute Gasteiger partial charge is 0.368 e. The first kappa shape index (κ1) is 15.2. The minimum Gasteiger partial charge on any atom is -0.368 e. The first-order chi connectivity index (χ1) is 10.7. The molecule has 1 N–H and O–H groups in total. The third kappa shape index (κ3) is 3.54. The van der Waals surface area contributed by atoms with Crippen molar-refractivity contribution in [1.82, 2.24) is 10.2 Å². The van der Waals surface area contributed by atoms with E-state index in [1.807, 2.05) is 11.0 Å². The van der Waals surface area contributed by atoms with Crippen molar-refractivity contribution in [3.8, 4) is 0 Å². The zero-order chi connectivity index (χ0) is 15.4. The van der Waals surface area contributed by atoms with Crippen LogP contribution in [0.5, 0.6) is 0 Å². The molecule has 4 nitrogen and oxygen atoms in total. The smallest absolute Gasteiger partial charge is 0.317 e. The van der Waals surface area contributed by atoms with E-state index in [-0.39, 0.29) is 12.1 Å². The SMILES string of the molecule is CC1CN(c2ccccc2)CCN1C(=O)NC1CCCCC1. The van der Waals surface area contributed by atoms with Gasteiger partial charge in [0.1, 0.15) is 0 Å². The van der Waals surface area contributed by atoms with Crippen molar-refractivity contribution >= 4 is 11.7 Å². The molecule has 1 heterocycles. The minimum atomic E-state index is 0.132. The highest BCUT2D eigenvalue weighted by Crippen LogP contribution is 2.20. The Hall–Kier alpha value is -1.71. The second-order valence-corrected chi connectivity index (χ2v) is 6.61. The van der Waals surface area contributed by atoms with Gasteiger partial charge in [0, 0.05) is 37.4 Å². The molecule has 22 heavy (non-hydrogen) atoms. The highest BCUT2D eigenvalue weighted by Gasteiger charge is 2.28. The van der Waals surface area contributed by atoms with Gasteiger partial charge in [0.15, 0.2) is 0 Å². The Morgan fingerprint density at radius 1 is 1.09 bits per heavy atom. The van der Waals surface area contributed by atoms with E-state index in [1.54, 1.807) is 0 Å². The van der Waals surface area contributed by atoms with Gasteiger partial charge in [-0.2, -0.15) is 0 Å². The fraction of sp³-hybridized carbons (Fsp3) is 0.611. The number of piperazine rings is 1. The Labute approximate surface area is 133 Å².